The number of rotatable bonds is 6. The van der Waals surface area contributed by atoms with Crippen molar-refractivity contribution in [3.63, 3.8) is 0 Å². The smallest absolute Gasteiger partial charge is 0.416 e. The van der Waals surface area contributed by atoms with Gasteiger partial charge in [-0.15, -0.1) is 0 Å². The second-order valence-electron chi connectivity index (χ2n) is 7.29. The van der Waals surface area contributed by atoms with Gasteiger partial charge in [-0.05, 0) is 48.5 Å². The third-order valence-electron chi connectivity index (χ3n) is 4.59. The van der Waals surface area contributed by atoms with Crippen LogP contribution in [-0.4, -0.2) is 38.1 Å². The van der Waals surface area contributed by atoms with Gasteiger partial charge in [0.05, 0.1) is 16.9 Å². The summed E-state index contributed by atoms with van der Waals surface area (Å²) in [5.74, 6) is 0.481. The summed E-state index contributed by atoms with van der Waals surface area (Å²) >= 11 is 0. The maximum atomic E-state index is 13.1. The summed E-state index contributed by atoms with van der Waals surface area (Å²) in [4.78, 5) is 29.7. The minimum absolute atomic E-state index is 0.0156. The monoisotopic (exact) mass is 473 g/mol. The number of carbonyl (C=O) groups is 2. The van der Waals surface area contributed by atoms with Gasteiger partial charge in [-0.25, -0.2) is 4.79 Å². The van der Waals surface area contributed by atoms with E-state index in [-0.39, 0.29) is 17.3 Å². The molecular weight excluding hydrogens is 451 g/mol. The van der Waals surface area contributed by atoms with Crippen molar-refractivity contribution in [2.75, 3.05) is 36.7 Å². The predicted molar refractivity (Wildman–Crippen MR) is 123 cm³/mol. The Balaban J connectivity index is 1.68. The standard InChI is InChI=1S/C23H22F3N5O3/c1-27-21(32)19-13-17(10-11-28-19)34-16-7-5-15(6-8-16)29-22(33)30-18-12-14(23(24,25)26)4-9-20(18)31(2)3/h4-13H,1-3H3,(H,27,32)(H2,29,30,33). The number of halogens is 3. The Kier molecular flexibility index (Phi) is 7.24. The van der Waals surface area contributed by atoms with Crippen molar-refractivity contribution in [3.05, 3.63) is 72.1 Å². The number of hydrogen-bond acceptors (Lipinski definition) is 5. The highest BCUT2D eigenvalue weighted by atomic mass is 19.4. The van der Waals surface area contributed by atoms with Crippen molar-refractivity contribution in [1.82, 2.24) is 10.3 Å². The number of aromatic nitrogens is 1. The first-order valence-electron chi connectivity index (χ1n) is 9.99. The highest BCUT2D eigenvalue weighted by molar-refractivity contribution is 6.02. The summed E-state index contributed by atoms with van der Waals surface area (Å²) < 4.78 is 44.9. The lowest BCUT2D eigenvalue weighted by Crippen LogP contribution is -2.22. The summed E-state index contributed by atoms with van der Waals surface area (Å²) in [6.07, 6.45) is -3.10. The fraction of sp³-hybridized carbons (Fsp3) is 0.174. The average Bonchev–Trinajstić information content (AvgIpc) is 2.79. The SMILES string of the molecule is CNC(=O)c1cc(Oc2ccc(NC(=O)Nc3cc(C(F)(F)F)ccc3N(C)C)cc2)ccn1. The minimum Gasteiger partial charge on any atom is -0.457 e. The van der Waals surface area contributed by atoms with Gasteiger partial charge in [0.15, 0.2) is 0 Å². The molecule has 0 spiro atoms. The third kappa shape index (κ3) is 6.15. The number of carbonyl (C=O) groups excluding carboxylic acids is 2. The van der Waals surface area contributed by atoms with E-state index >= 15 is 0 Å². The van der Waals surface area contributed by atoms with Crippen LogP contribution in [0.2, 0.25) is 0 Å². The van der Waals surface area contributed by atoms with Crippen LogP contribution in [0.15, 0.2) is 60.8 Å². The number of pyridine rings is 1. The Morgan fingerprint density at radius 2 is 1.65 bits per heavy atom. The number of hydrogen-bond donors (Lipinski definition) is 3. The molecule has 0 aliphatic heterocycles. The van der Waals surface area contributed by atoms with Crippen molar-refractivity contribution in [2.24, 2.45) is 0 Å². The van der Waals surface area contributed by atoms with Crippen molar-refractivity contribution in [1.29, 1.82) is 0 Å². The van der Waals surface area contributed by atoms with Gasteiger partial charge in [-0.3, -0.25) is 9.78 Å². The molecule has 1 heterocycles. The lowest BCUT2D eigenvalue weighted by atomic mass is 10.1. The van der Waals surface area contributed by atoms with Gasteiger partial charge in [0.2, 0.25) is 0 Å². The molecule has 8 nitrogen and oxygen atoms in total. The summed E-state index contributed by atoms with van der Waals surface area (Å²) in [6.45, 7) is 0. The highest BCUT2D eigenvalue weighted by Crippen LogP contribution is 2.35. The number of nitrogens with zero attached hydrogens (tertiary/aromatic N) is 2. The number of ether oxygens (including phenoxy) is 1. The van der Waals surface area contributed by atoms with E-state index in [1.54, 1.807) is 49.3 Å². The first kappa shape index (κ1) is 24.4. The van der Waals surface area contributed by atoms with Crippen LogP contribution in [-0.2, 0) is 6.18 Å². The van der Waals surface area contributed by atoms with Crippen LogP contribution in [0, 0.1) is 0 Å². The molecule has 34 heavy (non-hydrogen) atoms. The Morgan fingerprint density at radius 3 is 2.26 bits per heavy atom. The molecule has 0 aliphatic rings. The fourth-order valence-electron chi connectivity index (χ4n) is 2.96. The van der Waals surface area contributed by atoms with Crippen LogP contribution in [0.25, 0.3) is 0 Å². The van der Waals surface area contributed by atoms with E-state index in [9.17, 15) is 22.8 Å². The van der Waals surface area contributed by atoms with Crippen LogP contribution in [0.4, 0.5) is 35.0 Å². The fourth-order valence-corrected chi connectivity index (χ4v) is 2.96. The van der Waals surface area contributed by atoms with E-state index in [0.717, 1.165) is 12.1 Å². The number of alkyl halides is 3. The molecule has 11 heteroatoms. The molecule has 1 aromatic heterocycles. The molecule has 0 atom stereocenters. The number of benzene rings is 2. The second kappa shape index (κ2) is 10.1. The van der Waals surface area contributed by atoms with Crippen LogP contribution in [0.1, 0.15) is 16.1 Å². The van der Waals surface area contributed by atoms with E-state index in [0.29, 0.717) is 22.9 Å². The quantitative estimate of drug-likeness (QED) is 0.470. The van der Waals surface area contributed by atoms with E-state index < -0.39 is 17.8 Å². The molecule has 0 aliphatic carbocycles. The Hall–Kier alpha value is -4.28. The lowest BCUT2D eigenvalue weighted by molar-refractivity contribution is -0.137. The normalized spacial score (nSPS) is 10.9. The minimum atomic E-state index is -4.54. The first-order chi connectivity index (χ1) is 16.1. The molecule has 0 radical (unpaired) electrons. The van der Waals surface area contributed by atoms with Crippen molar-refractivity contribution in [2.45, 2.75) is 6.18 Å². The first-order valence-corrected chi connectivity index (χ1v) is 9.99. The molecule has 2 aromatic carbocycles. The van der Waals surface area contributed by atoms with Gasteiger partial charge < -0.3 is 25.6 Å². The molecule has 0 unspecified atom stereocenters. The molecule has 0 fully saturated rings. The predicted octanol–water partition coefficient (Wildman–Crippen LogP) is 4.96. The molecule has 0 bridgehead atoms. The van der Waals surface area contributed by atoms with E-state index in [4.69, 9.17) is 4.74 Å². The molecule has 0 saturated carbocycles. The van der Waals surface area contributed by atoms with Crippen LogP contribution in [0.3, 0.4) is 0 Å². The topological polar surface area (TPSA) is 95.6 Å². The zero-order valence-corrected chi connectivity index (χ0v) is 18.5. The Labute approximate surface area is 193 Å². The highest BCUT2D eigenvalue weighted by Gasteiger charge is 2.31. The molecule has 0 saturated heterocycles. The van der Waals surface area contributed by atoms with Gasteiger partial charge in [0.1, 0.15) is 17.2 Å². The van der Waals surface area contributed by atoms with Crippen molar-refractivity contribution in [3.8, 4) is 11.5 Å². The van der Waals surface area contributed by atoms with Gasteiger partial charge >= 0.3 is 12.2 Å². The number of amides is 3. The third-order valence-corrected chi connectivity index (χ3v) is 4.59. The van der Waals surface area contributed by atoms with Gasteiger partial charge in [0.25, 0.3) is 5.91 Å². The lowest BCUT2D eigenvalue weighted by Gasteiger charge is -2.20. The maximum Gasteiger partial charge on any atom is 0.416 e. The average molecular weight is 473 g/mol. The van der Waals surface area contributed by atoms with Crippen LogP contribution < -0.4 is 25.6 Å². The molecule has 3 amide bonds. The number of urea groups is 1. The zero-order valence-electron chi connectivity index (χ0n) is 18.5. The van der Waals surface area contributed by atoms with E-state index in [2.05, 4.69) is 20.9 Å². The van der Waals surface area contributed by atoms with Gasteiger partial charge in [-0.2, -0.15) is 13.2 Å². The van der Waals surface area contributed by atoms with Crippen molar-refractivity contribution < 1.29 is 27.5 Å². The molecular formula is C23H22F3N5O3. The second-order valence-corrected chi connectivity index (χ2v) is 7.29. The van der Waals surface area contributed by atoms with E-state index in [1.165, 1.54) is 25.4 Å². The largest absolute Gasteiger partial charge is 0.457 e. The Bertz CT molecular complexity index is 1180. The van der Waals surface area contributed by atoms with E-state index in [1.807, 2.05) is 0 Å². The van der Waals surface area contributed by atoms with Crippen LogP contribution in [0.5, 0.6) is 11.5 Å². The summed E-state index contributed by atoms with van der Waals surface area (Å²) in [5, 5.41) is 7.50. The molecule has 178 valence electrons. The van der Waals surface area contributed by atoms with Gasteiger partial charge in [0, 0.05) is 39.1 Å². The Morgan fingerprint density at radius 1 is 0.941 bits per heavy atom. The summed E-state index contributed by atoms with van der Waals surface area (Å²) in [5.41, 5.74) is 0.151. The molecule has 3 N–H and O–H groups in total. The molecule has 3 rings (SSSR count). The van der Waals surface area contributed by atoms with Crippen molar-refractivity contribution >= 4 is 29.0 Å². The maximum absolute atomic E-state index is 13.1. The van der Waals surface area contributed by atoms with Crippen LogP contribution >= 0.6 is 0 Å². The summed E-state index contributed by atoms with van der Waals surface area (Å²) in [6, 6.07) is 11.8. The summed E-state index contributed by atoms with van der Waals surface area (Å²) in [7, 11) is 4.81. The van der Waals surface area contributed by atoms with Gasteiger partial charge in [-0.1, -0.05) is 0 Å². The number of anilines is 3. The number of nitrogens with one attached hydrogen (secondary N) is 3. The zero-order chi connectivity index (χ0) is 24.9. The molecule has 3 aromatic rings.